The van der Waals surface area contributed by atoms with Gasteiger partial charge in [0.1, 0.15) is 11.5 Å². The van der Waals surface area contributed by atoms with Crippen molar-refractivity contribution in [2.75, 3.05) is 13.7 Å². The smallest absolute Gasteiger partial charge is 0.227 e. The summed E-state index contributed by atoms with van der Waals surface area (Å²) in [5.74, 6) is 1.83. The van der Waals surface area contributed by atoms with Gasteiger partial charge < -0.3 is 14.2 Å². The summed E-state index contributed by atoms with van der Waals surface area (Å²) in [5.41, 5.74) is 3.06. The van der Waals surface area contributed by atoms with Crippen LogP contribution in [-0.4, -0.2) is 29.6 Å². The van der Waals surface area contributed by atoms with Gasteiger partial charge in [0, 0.05) is 18.5 Å². The predicted molar refractivity (Wildman–Crippen MR) is 95.6 cm³/mol. The first kappa shape index (κ1) is 17.5. The van der Waals surface area contributed by atoms with Crippen LogP contribution >= 0.6 is 0 Å². The fraction of sp³-hybridized carbons (Fsp3) is 0.500. The molecule has 0 radical (unpaired) electrons. The SMILES string of the molecule is CCc1noc(CC)c1CC(=O)N1CCCC1c1ccc(OC)cc1. The van der Waals surface area contributed by atoms with Gasteiger partial charge in [0.05, 0.1) is 25.3 Å². The largest absolute Gasteiger partial charge is 0.497 e. The van der Waals surface area contributed by atoms with E-state index >= 15 is 0 Å². The molecule has 1 saturated heterocycles. The standard InChI is InChI=1S/C20H26N2O3/c1-4-17-16(19(5-2)25-21-17)13-20(23)22-12-6-7-18(22)14-8-10-15(24-3)11-9-14/h8-11,18H,4-7,12-13H2,1-3H3. The third-order valence-electron chi connectivity index (χ3n) is 5.01. The zero-order valence-electron chi connectivity index (χ0n) is 15.2. The first-order chi connectivity index (χ1) is 12.2. The Morgan fingerprint density at radius 2 is 2.04 bits per heavy atom. The van der Waals surface area contributed by atoms with Gasteiger partial charge in [-0.15, -0.1) is 0 Å². The maximum absolute atomic E-state index is 13.0. The molecule has 1 aromatic heterocycles. The summed E-state index contributed by atoms with van der Waals surface area (Å²) < 4.78 is 10.6. The van der Waals surface area contributed by atoms with Gasteiger partial charge in [0.25, 0.3) is 0 Å². The summed E-state index contributed by atoms with van der Waals surface area (Å²) in [6, 6.07) is 8.18. The van der Waals surface area contributed by atoms with E-state index in [4.69, 9.17) is 9.26 Å². The number of methoxy groups -OCH3 is 1. The van der Waals surface area contributed by atoms with E-state index in [0.717, 1.165) is 55.0 Å². The lowest BCUT2D eigenvalue weighted by atomic mass is 10.0. The van der Waals surface area contributed by atoms with Crippen LogP contribution in [-0.2, 0) is 24.1 Å². The molecule has 1 aliphatic heterocycles. The average molecular weight is 342 g/mol. The second kappa shape index (κ2) is 7.72. The van der Waals surface area contributed by atoms with Gasteiger partial charge in [-0.25, -0.2) is 0 Å². The molecule has 5 nitrogen and oxygen atoms in total. The van der Waals surface area contributed by atoms with Crippen molar-refractivity contribution < 1.29 is 14.1 Å². The minimum atomic E-state index is 0.147. The molecule has 0 N–H and O–H groups in total. The monoisotopic (exact) mass is 342 g/mol. The van der Waals surface area contributed by atoms with Crippen molar-refractivity contribution in [1.82, 2.24) is 10.1 Å². The van der Waals surface area contributed by atoms with Crippen LogP contribution in [0, 0.1) is 0 Å². The van der Waals surface area contributed by atoms with E-state index in [-0.39, 0.29) is 11.9 Å². The molecule has 1 amide bonds. The van der Waals surface area contributed by atoms with Gasteiger partial charge in [0.2, 0.25) is 5.91 Å². The third kappa shape index (κ3) is 3.55. The van der Waals surface area contributed by atoms with Crippen LogP contribution in [0.15, 0.2) is 28.8 Å². The number of hydrogen-bond acceptors (Lipinski definition) is 4. The zero-order chi connectivity index (χ0) is 17.8. The van der Waals surface area contributed by atoms with Gasteiger partial charge in [-0.1, -0.05) is 31.1 Å². The number of benzene rings is 1. The predicted octanol–water partition coefficient (Wildman–Crippen LogP) is 3.71. The minimum Gasteiger partial charge on any atom is -0.497 e. The molecule has 1 unspecified atom stereocenters. The van der Waals surface area contributed by atoms with Crippen LogP contribution in [0.1, 0.15) is 55.3 Å². The molecule has 1 fully saturated rings. The Bertz CT molecular complexity index is 700. The number of carbonyl (C=O) groups is 1. The summed E-state index contributed by atoms with van der Waals surface area (Å²) in [7, 11) is 1.66. The van der Waals surface area contributed by atoms with Crippen LogP contribution in [0.5, 0.6) is 5.75 Å². The second-order valence-electron chi connectivity index (χ2n) is 6.43. The second-order valence-corrected chi connectivity index (χ2v) is 6.43. The summed E-state index contributed by atoms with van der Waals surface area (Å²) >= 11 is 0. The average Bonchev–Trinajstić information content (AvgIpc) is 3.28. The van der Waals surface area contributed by atoms with Crippen molar-refractivity contribution in [3.8, 4) is 5.75 Å². The topological polar surface area (TPSA) is 55.6 Å². The van der Waals surface area contributed by atoms with Crippen LogP contribution in [0.25, 0.3) is 0 Å². The van der Waals surface area contributed by atoms with Gasteiger partial charge in [0.15, 0.2) is 0 Å². The third-order valence-corrected chi connectivity index (χ3v) is 5.01. The van der Waals surface area contributed by atoms with Crippen molar-refractivity contribution >= 4 is 5.91 Å². The van der Waals surface area contributed by atoms with E-state index in [1.807, 2.05) is 30.9 Å². The van der Waals surface area contributed by atoms with Gasteiger partial charge in [-0.05, 0) is 37.0 Å². The first-order valence-corrected chi connectivity index (χ1v) is 9.07. The molecule has 2 heterocycles. The fourth-order valence-corrected chi connectivity index (χ4v) is 3.63. The first-order valence-electron chi connectivity index (χ1n) is 9.07. The molecule has 134 valence electrons. The molecular weight excluding hydrogens is 316 g/mol. The number of aryl methyl sites for hydroxylation is 2. The van der Waals surface area contributed by atoms with Gasteiger partial charge in [-0.3, -0.25) is 4.79 Å². The normalized spacial score (nSPS) is 17.1. The molecule has 1 aromatic carbocycles. The number of likely N-dealkylation sites (tertiary alicyclic amines) is 1. The molecule has 1 aliphatic rings. The summed E-state index contributed by atoms with van der Waals surface area (Å²) in [4.78, 5) is 15.0. The van der Waals surface area contributed by atoms with Crippen LogP contribution in [0.3, 0.4) is 0 Å². The van der Waals surface area contributed by atoms with Crippen molar-refractivity contribution in [1.29, 1.82) is 0 Å². The van der Waals surface area contributed by atoms with Crippen molar-refractivity contribution in [3.05, 3.63) is 46.8 Å². The van der Waals surface area contributed by atoms with Gasteiger partial charge >= 0.3 is 0 Å². The highest BCUT2D eigenvalue weighted by molar-refractivity contribution is 5.80. The summed E-state index contributed by atoms with van der Waals surface area (Å²) in [6.07, 6.45) is 3.96. The zero-order valence-corrected chi connectivity index (χ0v) is 15.2. The Balaban J connectivity index is 1.77. The molecule has 0 saturated carbocycles. The van der Waals surface area contributed by atoms with E-state index in [2.05, 4.69) is 17.3 Å². The number of amides is 1. The van der Waals surface area contributed by atoms with E-state index < -0.39 is 0 Å². The molecule has 0 aliphatic carbocycles. The molecule has 3 rings (SSSR count). The molecule has 2 aromatic rings. The molecule has 1 atom stereocenters. The van der Waals surface area contributed by atoms with E-state index in [1.165, 1.54) is 5.56 Å². The fourth-order valence-electron chi connectivity index (χ4n) is 3.63. The van der Waals surface area contributed by atoms with Crippen LogP contribution in [0.2, 0.25) is 0 Å². The number of carbonyl (C=O) groups excluding carboxylic acids is 1. The Kier molecular flexibility index (Phi) is 5.41. The number of nitrogens with zero attached hydrogens (tertiary/aromatic N) is 2. The van der Waals surface area contributed by atoms with Gasteiger partial charge in [-0.2, -0.15) is 0 Å². The highest BCUT2D eigenvalue weighted by Gasteiger charge is 2.31. The Hall–Kier alpha value is -2.30. The Morgan fingerprint density at radius 1 is 1.28 bits per heavy atom. The van der Waals surface area contributed by atoms with Crippen LogP contribution < -0.4 is 4.74 Å². The van der Waals surface area contributed by atoms with Crippen LogP contribution in [0.4, 0.5) is 0 Å². The lowest BCUT2D eigenvalue weighted by Gasteiger charge is -2.25. The Labute approximate surface area is 148 Å². The minimum absolute atomic E-state index is 0.147. The molecular formula is C20H26N2O3. The quantitative estimate of drug-likeness (QED) is 0.803. The lowest BCUT2D eigenvalue weighted by Crippen LogP contribution is -2.32. The molecule has 5 heteroatoms. The van der Waals surface area contributed by atoms with Crippen molar-refractivity contribution in [3.63, 3.8) is 0 Å². The highest BCUT2D eigenvalue weighted by atomic mass is 16.5. The number of ether oxygens (including phenoxy) is 1. The number of aromatic nitrogens is 1. The summed E-state index contributed by atoms with van der Waals surface area (Å²) in [6.45, 7) is 4.88. The van der Waals surface area contributed by atoms with E-state index in [1.54, 1.807) is 7.11 Å². The van der Waals surface area contributed by atoms with E-state index in [0.29, 0.717) is 6.42 Å². The maximum atomic E-state index is 13.0. The highest BCUT2D eigenvalue weighted by Crippen LogP contribution is 2.33. The van der Waals surface area contributed by atoms with Crippen molar-refractivity contribution in [2.45, 2.75) is 52.0 Å². The van der Waals surface area contributed by atoms with E-state index in [9.17, 15) is 4.79 Å². The summed E-state index contributed by atoms with van der Waals surface area (Å²) in [5, 5.41) is 4.12. The maximum Gasteiger partial charge on any atom is 0.227 e. The molecule has 25 heavy (non-hydrogen) atoms. The number of hydrogen-bond donors (Lipinski definition) is 0. The van der Waals surface area contributed by atoms with Crippen molar-refractivity contribution in [2.24, 2.45) is 0 Å². The molecule has 0 spiro atoms. The Morgan fingerprint density at radius 3 is 2.68 bits per heavy atom. The molecule has 0 bridgehead atoms. The number of rotatable bonds is 6. The lowest BCUT2D eigenvalue weighted by molar-refractivity contribution is -0.131.